The molecule has 0 aliphatic carbocycles. The van der Waals surface area contributed by atoms with E-state index in [4.69, 9.17) is 21.3 Å². The lowest BCUT2D eigenvalue weighted by Crippen LogP contribution is -2.20. The largest absolute Gasteiger partial charge is 0.495 e. The molecule has 0 aliphatic rings. The summed E-state index contributed by atoms with van der Waals surface area (Å²) in [6.07, 6.45) is 1.86. The average Bonchev–Trinajstić information content (AvgIpc) is 3.06. The number of urea groups is 1. The number of methoxy groups -OCH3 is 1. The number of carbonyl (C=O) groups is 1. The Hall–Kier alpha value is -3.51. The first-order valence-electron chi connectivity index (χ1n) is 9.01. The molecule has 0 saturated heterocycles. The van der Waals surface area contributed by atoms with Crippen molar-refractivity contribution in [3.05, 3.63) is 77.4 Å². The normalized spacial score (nSPS) is 10.7. The molecule has 4 rings (SSSR count). The highest BCUT2D eigenvalue weighted by atomic mass is 35.5. The number of halogens is 1. The van der Waals surface area contributed by atoms with Crippen molar-refractivity contribution in [1.82, 2.24) is 9.38 Å². The zero-order valence-electron chi connectivity index (χ0n) is 15.9. The predicted molar refractivity (Wildman–Crippen MR) is 116 cm³/mol. The number of anilines is 2. The third kappa shape index (κ3) is 3.88. The Kier molecular flexibility index (Phi) is 5.10. The Bertz CT molecular complexity index is 1200. The van der Waals surface area contributed by atoms with Gasteiger partial charge in [0.1, 0.15) is 22.9 Å². The van der Waals surface area contributed by atoms with E-state index in [0.29, 0.717) is 28.0 Å². The van der Waals surface area contributed by atoms with E-state index in [2.05, 4.69) is 10.6 Å². The number of carbonyl (C=O) groups excluding carboxylic acids is 1. The van der Waals surface area contributed by atoms with Gasteiger partial charge in [0.2, 0.25) is 0 Å². The number of pyridine rings is 1. The standard InChI is InChI=1S/C22H19ClN4O2/c1-14-6-5-7-15(12-14)20-21(27-11-4-3-8-19(27)25-20)26-22(28)24-16-9-10-18(29-2)17(23)13-16/h3-13H,1-2H3,(H2,24,26,28). The topological polar surface area (TPSA) is 67.7 Å². The minimum atomic E-state index is -0.397. The van der Waals surface area contributed by atoms with Crippen molar-refractivity contribution in [2.24, 2.45) is 0 Å². The highest BCUT2D eigenvalue weighted by Gasteiger charge is 2.16. The first-order chi connectivity index (χ1) is 14.0. The fraction of sp³-hybridized carbons (Fsp3) is 0.0909. The van der Waals surface area contributed by atoms with Crippen molar-refractivity contribution < 1.29 is 9.53 Å². The summed E-state index contributed by atoms with van der Waals surface area (Å²) in [5, 5.41) is 6.14. The number of imidazole rings is 1. The number of benzene rings is 2. The van der Waals surface area contributed by atoms with E-state index in [-0.39, 0.29) is 0 Å². The molecule has 0 atom stereocenters. The van der Waals surface area contributed by atoms with Crippen LogP contribution in [0.2, 0.25) is 5.02 Å². The number of aryl methyl sites for hydroxylation is 1. The van der Waals surface area contributed by atoms with Gasteiger partial charge in [-0.1, -0.05) is 41.4 Å². The number of rotatable bonds is 4. The molecule has 146 valence electrons. The van der Waals surface area contributed by atoms with Gasteiger partial charge < -0.3 is 10.1 Å². The Labute approximate surface area is 173 Å². The maximum Gasteiger partial charge on any atom is 0.324 e. The van der Waals surface area contributed by atoms with Crippen LogP contribution >= 0.6 is 11.6 Å². The number of aromatic nitrogens is 2. The van der Waals surface area contributed by atoms with Crippen LogP contribution in [-0.2, 0) is 0 Å². The molecule has 0 saturated carbocycles. The lowest BCUT2D eigenvalue weighted by molar-refractivity contribution is 0.262. The van der Waals surface area contributed by atoms with E-state index < -0.39 is 6.03 Å². The number of hydrogen-bond donors (Lipinski definition) is 2. The molecular weight excluding hydrogens is 388 g/mol. The Morgan fingerprint density at radius 3 is 2.69 bits per heavy atom. The Balaban J connectivity index is 1.67. The maximum atomic E-state index is 12.7. The summed E-state index contributed by atoms with van der Waals surface area (Å²) in [4.78, 5) is 17.4. The number of nitrogens with zero attached hydrogens (tertiary/aromatic N) is 2. The number of hydrogen-bond acceptors (Lipinski definition) is 3. The average molecular weight is 407 g/mol. The summed E-state index contributed by atoms with van der Waals surface area (Å²) < 4.78 is 6.99. The van der Waals surface area contributed by atoms with Crippen LogP contribution in [0, 0.1) is 6.92 Å². The summed E-state index contributed by atoms with van der Waals surface area (Å²) in [5.41, 5.74) is 4.04. The molecule has 29 heavy (non-hydrogen) atoms. The lowest BCUT2D eigenvalue weighted by atomic mass is 10.1. The zero-order valence-corrected chi connectivity index (χ0v) is 16.7. The van der Waals surface area contributed by atoms with E-state index in [9.17, 15) is 4.79 Å². The first kappa shape index (κ1) is 18.8. The highest BCUT2D eigenvalue weighted by molar-refractivity contribution is 6.32. The summed E-state index contributed by atoms with van der Waals surface area (Å²) in [6.45, 7) is 2.02. The molecule has 2 aromatic heterocycles. The second-order valence-electron chi connectivity index (χ2n) is 6.54. The molecule has 2 heterocycles. The molecule has 7 heteroatoms. The second-order valence-corrected chi connectivity index (χ2v) is 6.94. The predicted octanol–water partition coefficient (Wildman–Crippen LogP) is 5.62. The minimum Gasteiger partial charge on any atom is -0.495 e. The SMILES string of the molecule is COc1ccc(NC(=O)Nc2c(-c3cccc(C)c3)nc3ccccn23)cc1Cl. The number of nitrogens with one attached hydrogen (secondary N) is 2. The molecule has 2 N–H and O–H groups in total. The van der Waals surface area contributed by atoms with E-state index in [1.807, 2.05) is 60.0 Å². The fourth-order valence-corrected chi connectivity index (χ4v) is 3.38. The van der Waals surface area contributed by atoms with Gasteiger partial charge in [-0.15, -0.1) is 0 Å². The van der Waals surface area contributed by atoms with Gasteiger partial charge in [-0.3, -0.25) is 9.72 Å². The first-order valence-corrected chi connectivity index (χ1v) is 9.38. The number of amides is 2. The molecule has 0 aliphatic heterocycles. The zero-order chi connectivity index (χ0) is 20.4. The summed E-state index contributed by atoms with van der Waals surface area (Å²) in [6, 6.07) is 18.4. The van der Waals surface area contributed by atoms with Crippen LogP contribution in [0.3, 0.4) is 0 Å². The summed E-state index contributed by atoms with van der Waals surface area (Å²) >= 11 is 6.14. The molecule has 0 radical (unpaired) electrons. The van der Waals surface area contributed by atoms with Gasteiger partial charge in [-0.25, -0.2) is 9.78 Å². The monoisotopic (exact) mass is 406 g/mol. The van der Waals surface area contributed by atoms with Gasteiger partial charge in [0.25, 0.3) is 0 Å². The molecule has 4 aromatic rings. The van der Waals surface area contributed by atoms with E-state index in [0.717, 1.165) is 16.8 Å². The van der Waals surface area contributed by atoms with Crippen molar-refractivity contribution in [3.63, 3.8) is 0 Å². The smallest absolute Gasteiger partial charge is 0.324 e. The minimum absolute atomic E-state index is 0.397. The van der Waals surface area contributed by atoms with Crippen LogP contribution in [0.1, 0.15) is 5.56 Å². The van der Waals surface area contributed by atoms with Crippen molar-refractivity contribution >= 4 is 34.8 Å². The van der Waals surface area contributed by atoms with Crippen molar-refractivity contribution in [3.8, 4) is 17.0 Å². The van der Waals surface area contributed by atoms with Gasteiger partial charge in [0.15, 0.2) is 0 Å². The van der Waals surface area contributed by atoms with E-state index in [1.54, 1.807) is 25.3 Å². The summed E-state index contributed by atoms with van der Waals surface area (Å²) in [5.74, 6) is 1.13. The number of ether oxygens (including phenoxy) is 1. The van der Waals surface area contributed by atoms with Gasteiger partial charge in [-0.2, -0.15) is 0 Å². The van der Waals surface area contributed by atoms with Gasteiger partial charge in [0.05, 0.1) is 12.1 Å². The third-order valence-corrected chi connectivity index (χ3v) is 4.76. The van der Waals surface area contributed by atoms with Crippen LogP contribution in [0.25, 0.3) is 16.9 Å². The van der Waals surface area contributed by atoms with Crippen molar-refractivity contribution in [2.45, 2.75) is 6.92 Å². The molecule has 6 nitrogen and oxygen atoms in total. The van der Waals surface area contributed by atoms with Crippen LogP contribution < -0.4 is 15.4 Å². The van der Waals surface area contributed by atoms with Crippen molar-refractivity contribution in [1.29, 1.82) is 0 Å². The Morgan fingerprint density at radius 1 is 1.07 bits per heavy atom. The molecule has 0 spiro atoms. The van der Waals surface area contributed by atoms with Crippen LogP contribution in [0.15, 0.2) is 66.9 Å². The molecular formula is C22H19ClN4O2. The highest BCUT2D eigenvalue weighted by Crippen LogP contribution is 2.30. The molecule has 2 amide bonds. The maximum absolute atomic E-state index is 12.7. The number of fused-ring (bicyclic) bond motifs is 1. The molecule has 2 aromatic carbocycles. The lowest BCUT2D eigenvalue weighted by Gasteiger charge is -2.11. The fourth-order valence-electron chi connectivity index (χ4n) is 3.12. The van der Waals surface area contributed by atoms with Crippen LogP contribution in [0.5, 0.6) is 5.75 Å². The third-order valence-electron chi connectivity index (χ3n) is 4.46. The molecule has 0 bridgehead atoms. The quantitative estimate of drug-likeness (QED) is 0.462. The Morgan fingerprint density at radius 2 is 1.93 bits per heavy atom. The van der Waals surface area contributed by atoms with Gasteiger partial charge in [0, 0.05) is 17.4 Å². The van der Waals surface area contributed by atoms with Crippen LogP contribution in [-0.4, -0.2) is 22.5 Å². The second kappa shape index (κ2) is 7.85. The van der Waals surface area contributed by atoms with Gasteiger partial charge in [-0.05, 0) is 43.3 Å². The van der Waals surface area contributed by atoms with Gasteiger partial charge >= 0.3 is 6.03 Å². The van der Waals surface area contributed by atoms with Crippen molar-refractivity contribution in [2.75, 3.05) is 17.7 Å². The molecule has 0 fully saturated rings. The molecule has 0 unspecified atom stereocenters. The van der Waals surface area contributed by atoms with Crippen LogP contribution in [0.4, 0.5) is 16.3 Å². The van der Waals surface area contributed by atoms with E-state index in [1.165, 1.54) is 0 Å². The summed E-state index contributed by atoms with van der Waals surface area (Å²) in [7, 11) is 1.54. The van der Waals surface area contributed by atoms with E-state index >= 15 is 0 Å².